The minimum absolute atomic E-state index is 0.159. The predicted molar refractivity (Wildman–Crippen MR) is 64.3 cm³/mol. The zero-order valence-corrected chi connectivity index (χ0v) is 9.27. The molecule has 0 aliphatic rings. The summed E-state index contributed by atoms with van der Waals surface area (Å²) in [6.07, 6.45) is 1.17. The van der Waals surface area contributed by atoms with Gasteiger partial charge in [0.05, 0.1) is 7.11 Å². The molecule has 0 spiro atoms. The van der Waals surface area contributed by atoms with Gasteiger partial charge in [-0.1, -0.05) is 42.5 Å². The fourth-order valence-corrected chi connectivity index (χ4v) is 1.74. The van der Waals surface area contributed by atoms with Gasteiger partial charge in [0.1, 0.15) is 0 Å². The molecule has 0 radical (unpaired) electrons. The molecule has 0 atom stereocenters. The molecule has 0 aromatic heterocycles. The average molecular weight is 214 g/mol. The Hall–Kier alpha value is -1.83. The third-order valence-corrected chi connectivity index (χ3v) is 2.66. The second-order valence-electron chi connectivity index (χ2n) is 3.76. The molecule has 0 saturated carbocycles. The molecule has 0 saturated heterocycles. The molecular weight excluding hydrogens is 200 g/mol. The molecule has 16 heavy (non-hydrogen) atoms. The summed E-state index contributed by atoms with van der Waals surface area (Å²) in [5, 5.41) is 2.44. The monoisotopic (exact) mass is 214 g/mol. The fourth-order valence-electron chi connectivity index (χ4n) is 1.74. The summed E-state index contributed by atoms with van der Waals surface area (Å²) in [6.45, 7) is 0. The molecule has 0 aliphatic heterocycles. The number of fused-ring (bicyclic) bond motifs is 1. The lowest BCUT2D eigenvalue weighted by atomic mass is 10.0. The van der Waals surface area contributed by atoms with Gasteiger partial charge in [-0.2, -0.15) is 0 Å². The summed E-state index contributed by atoms with van der Waals surface area (Å²) in [7, 11) is 1.42. The first-order chi connectivity index (χ1) is 7.79. The molecule has 0 bridgehead atoms. The molecule has 2 aromatic rings. The van der Waals surface area contributed by atoms with Crippen LogP contribution in [0.5, 0.6) is 0 Å². The van der Waals surface area contributed by atoms with Gasteiger partial charge in [0.15, 0.2) is 0 Å². The molecule has 0 unspecified atom stereocenters. The second kappa shape index (κ2) is 4.79. The SMILES string of the molecule is COC(=O)CCc1ccc2ccccc2c1. The number of benzene rings is 2. The number of ether oxygens (including phenoxy) is 1. The van der Waals surface area contributed by atoms with Crippen LogP contribution >= 0.6 is 0 Å². The summed E-state index contributed by atoms with van der Waals surface area (Å²) in [6, 6.07) is 14.5. The van der Waals surface area contributed by atoms with Gasteiger partial charge in [-0.25, -0.2) is 0 Å². The molecule has 0 amide bonds. The van der Waals surface area contributed by atoms with Crippen molar-refractivity contribution >= 4 is 16.7 Å². The summed E-state index contributed by atoms with van der Waals surface area (Å²) in [5.74, 6) is -0.159. The molecule has 0 aliphatic carbocycles. The minimum atomic E-state index is -0.159. The van der Waals surface area contributed by atoms with E-state index in [0.717, 1.165) is 6.42 Å². The number of hydrogen-bond donors (Lipinski definition) is 0. The Kier molecular flexibility index (Phi) is 3.20. The van der Waals surface area contributed by atoms with E-state index in [1.165, 1.54) is 23.4 Å². The fraction of sp³-hybridized carbons (Fsp3) is 0.214. The molecule has 2 rings (SSSR count). The lowest BCUT2D eigenvalue weighted by molar-refractivity contribution is -0.140. The molecule has 2 nitrogen and oxygen atoms in total. The van der Waals surface area contributed by atoms with E-state index in [1.807, 2.05) is 12.1 Å². The van der Waals surface area contributed by atoms with E-state index in [0.29, 0.717) is 6.42 Å². The summed E-state index contributed by atoms with van der Waals surface area (Å²) in [5.41, 5.74) is 1.17. The lowest BCUT2D eigenvalue weighted by Gasteiger charge is -2.03. The van der Waals surface area contributed by atoms with Crippen LogP contribution in [0, 0.1) is 0 Å². The van der Waals surface area contributed by atoms with Gasteiger partial charge >= 0.3 is 5.97 Å². The number of hydrogen-bond acceptors (Lipinski definition) is 2. The number of aryl methyl sites for hydroxylation is 1. The summed E-state index contributed by atoms with van der Waals surface area (Å²) >= 11 is 0. The molecular formula is C14H14O2. The number of carbonyl (C=O) groups is 1. The second-order valence-corrected chi connectivity index (χ2v) is 3.76. The van der Waals surface area contributed by atoms with Crippen LogP contribution in [0.1, 0.15) is 12.0 Å². The highest BCUT2D eigenvalue weighted by atomic mass is 16.5. The molecule has 82 valence electrons. The zero-order chi connectivity index (χ0) is 11.4. The summed E-state index contributed by atoms with van der Waals surface area (Å²) < 4.78 is 4.62. The van der Waals surface area contributed by atoms with Gasteiger partial charge in [-0.15, -0.1) is 0 Å². The van der Waals surface area contributed by atoms with E-state index >= 15 is 0 Å². The van der Waals surface area contributed by atoms with Gasteiger partial charge in [0, 0.05) is 6.42 Å². The first-order valence-corrected chi connectivity index (χ1v) is 5.34. The Labute approximate surface area is 94.8 Å². The van der Waals surface area contributed by atoms with E-state index in [4.69, 9.17) is 0 Å². The third kappa shape index (κ3) is 2.40. The van der Waals surface area contributed by atoms with Gasteiger partial charge in [0.25, 0.3) is 0 Å². The van der Waals surface area contributed by atoms with E-state index < -0.39 is 0 Å². The number of carbonyl (C=O) groups excluding carboxylic acids is 1. The highest BCUT2D eigenvalue weighted by molar-refractivity contribution is 5.83. The highest BCUT2D eigenvalue weighted by Gasteiger charge is 2.01. The first-order valence-electron chi connectivity index (χ1n) is 5.34. The Morgan fingerprint density at radius 1 is 1.12 bits per heavy atom. The van der Waals surface area contributed by atoms with Crippen LogP contribution in [0.3, 0.4) is 0 Å². The van der Waals surface area contributed by atoms with Crippen molar-refractivity contribution in [1.82, 2.24) is 0 Å². The van der Waals surface area contributed by atoms with Gasteiger partial charge in [0.2, 0.25) is 0 Å². The van der Waals surface area contributed by atoms with Gasteiger partial charge in [-0.05, 0) is 22.8 Å². The highest BCUT2D eigenvalue weighted by Crippen LogP contribution is 2.16. The predicted octanol–water partition coefficient (Wildman–Crippen LogP) is 2.95. The van der Waals surface area contributed by atoms with Crippen molar-refractivity contribution in [2.24, 2.45) is 0 Å². The van der Waals surface area contributed by atoms with Crippen LogP contribution < -0.4 is 0 Å². The van der Waals surface area contributed by atoms with Crippen LogP contribution in [0.15, 0.2) is 42.5 Å². The van der Waals surface area contributed by atoms with Crippen molar-refractivity contribution < 1.29 is 9.53 Å². The van der Waals surface area contributed by atoms with E-state index in [9.17, 15) is 4.79 Å². The topological polar surface area (TPSA) is 26.3 Å². The smallest absolute Gasteiger partial charge is 0.305 e. The maximum absolute atomic E-state index is 11.0. The largest absolute Gasteiger partial charge is 0.469 e. The van der Waals surface area contributed by atoms with E-state index in [-0.39, 0.29) is 5.97 Å². The van der Waals surface area contributed by atoms with Crippen molar-refractivity contribution in [3.63, 3.8) is 0 Å². The maximum atomic E-state index is 11.0. The quantitative estimate of drug-likeness (QED) is 0.734. The van der Waals surface area contributed by atoms with E-state index in [2.05, 4.69) is 35.1 Å². The van der Waals surface area contributed by atoms with Crippen molar-refractivity contribution in [2.75, 3.05) is 7.11 Å². The number of rotatable bonds is 3. The maximum Gasteiger partial charge on any atom is 0.305 e. The van der Waals surface area contributed by atoms with Gasteiger partial charge in [-0.3, -0.25) is 4.79 Å². The van der Waals surface area contributed by atoms with Crippen LogP contribution in [0.25, 0.3) is 10.8 Å². The van der Waals surface area contributed by atoms with Crippen LogP contribution in [-0.4, -0.2) is 13.1 Å². The molecule has 2 aromatic carbocycles. The van der Waals surface area contributed by atoms with Crippen molar-refractivity contribution in [2.45, 2.75) is 12.8 Å². The molecule has 0 fully saturated rings. The molecule has 0 N–H and O–H groups in total. The normalized spacial score (nSPS) is 10.3. The summed E-state index contributed by atoms with van der Waals surface area (Å²) in [4.78, 5) is 11.0. The van der Waals surface area contributed by atoms with Crippen LogP contribution in [-0.2, 0) is 16.0 Å². The average Bonchev–Trinajstić information content (AvgIpc) is 2.35. The lowest BCUT2D eigenvalue weighted by Crippen LogP contribution is -2.01. The zero-order valence-electron chi connectivity index (χ0n) is 9.27. The molecule has 0 heterocycles. The number of esters is 1. The third-order valence-electron chi connectivity index (χ3n) is 2.66. The Morgan fingerprint density at radius 3 is 2.62 bits per heavy atom. The standard InChI is InChI=1S/C14H14O2/c1-16-14(15)9-7-11-6-8-12-4-2-3-5-13(12)10-11/h2-6,8,10H,7,9H2,1H3. The van der Waals surface area contributed by atoms with Gasteiger partial charge < -0.3 is 4.74 Å². The molecule has 2 heteroatoms. The Balaban J connectivity index is 2.16. The minimum Gasteiger partial charge on any atom is -0.469 e. The Morgan fingerprint density at radius 2 is 1.88 bits per heavy atom. The van der Waals surface area contributed by atoms with Crippen LogP contribution in [0.2, 0.25) is 0 Å². The van der Waals surface area contributed by atoms with Crippen molar-refractivity contribution in [3.8, 4) is 0 Å². The first kappa shape index (κ1) is 10.7. The van der Waals surface area contributed by atoms with Crippen molar-refractivity contribution in [1.29, 1.82) is 0 Å². The van der Waals surface area contributed by atoms with E-state index in [1.54, 1.807) is 0 Å². The Bertz CT molecular complexity index is 503. The number of methoxy groups -OCH3 is 1. The van der Waals surface area contributed by atoms with Crippen LogP contribution in [0.4, 0.5) is 0 Å². The van der Waals surface area contributed by atoms with Crippen molar-refractivity contribution in [3.05, 3.63) is 48.0 Å².